The van der Waals surface area contributed by atoms with Gasteiger partial charge in [0.2, 0.25) is 5.91 Å². The largest absolute Gasteiger partial charge is 0.506 e. The third-order valence-corrected chi connectivity index (χ3v) is 6.12. The van der Waals surface area contributed by atoms with E-state index in [1.54, 1.807) is 28.0 Å². The first-order valence-corrected chi connectivity index (χ1v) is 10.2. The summed E-state index contributed by atoms with van der Waals surface area (Å²) in [4.78, 5) is 28.5. The summed E-state index contributed by atoms with van der Waals surface area (Å²) in [7, 11) is 0. The maximum absolute atomic E-state index is 14.9. The van der Waals surface area contributed by atoms with Crippen molar-refractivity contribution in [3.63, 3.8) is 0 Å². The molecule has 2 fully saturated rings. The van der Waals surface area contributed by atoms with Crippen LogP contribution in [0.15, 0.2) is 36.4 Å². The molecular weight excluding hydrogens is 401 g/mol. The Bertz CT molecular complexity index is 1200. The molecule has 2 amide bonds. The summed E-state index contributed by atoms with van der Waals surface area (Å²) in [6.07, 6.45) is 1.40. The van der Waals surface area contributed by atoms with Gasteiger partial charge >= 0.3 is 0 Å². The smallest absolute Gasteiger partial charge is 0.256 e. The maximum Gasteiger partial charge on any atom is 0.256 e. The van der Waals surface area contributed by atoms with E-state index >= 15 is 0 Å². The van der Waals surface area contributed by atoms with Gasteiger partial charge in [-0.3, -0.25) is 14.7 Å². The van der Waals surface area contributed by atoms with E-state index in [0.717, 1.165) is 0 Å². The van der Waals surface area contributed by atoms with Gasteiger partial charge in [0.15, 0.2) is 0 Å². The van der Waals surface area contributed by atoms with Crippen LogP contribution in [0.4, 0.5) is 4.39 Å². The van der Waals surface area contributed by atoms with Crippen LogP contribution < -0.4 is 5.73 Å². The van der Waals surface area contributed by atoms with Crippen molar-refractivity contribution in [2.45, 2.75) is 18.4 Å². The molecule has 2 heterocycles. The molecule has 160 valence electrons. The number of nitrogens with one attached hydrogen (secondary N) is 1. The van der Waals surface area contributed by atoms with Crippen LogP contribution >= 0.6 is 0 Å². The van der Waals surface area contributed by atoms with Crippen molar-refractivity contribution in [3.05, 3.63) is 47.8 Å². The van der Waals surface area contributed by atoms with Crippen molar-refractivity contribution in [2.75, 3.05) is 26.2 Å². The molecule has 5 rings (SSSR count). The number of phenolic OH excluding ortho intramolecular Hbond substituents is 1. The fourth-order valence-electron chi connectivity index (χ4n) is 4.03. The van der Waals surface area contributed by atoms with Crippen LogP contribution in [0.25, 0.3) is 22.2 Å². The van der Waals surface area contributed by atoms with Crippen LogP contribution in [0, 0.1) is 5.82 Å². The molecule has 0 atom stereocenters. The average Bonchev–Trinajstić information content (AvgIpc) is 3.37. The molecule has 2 aliphatic rings. The molecule has 2 aromatic carbocycles. The molecule has 0 spiro atoms. The summed E-state index contributed by atoms with van der Waals surface area (Å²) in [6.45, 7) is 1.47. The second kappa shape index (κ2) is 7.05. The summed E-state index contributed by atoms with van der Waals surface area (Å²) >= 11 is 0. The predicted octanol–water partition coefficient (Wildman–Crippen LogP) is 1.85. The highest BCUT2D eigenvalue weighted by Gasteiger charge is 2.48. The molecule has 1 aromatic heterocycles. The lowest BCUT2D eigenvalue weighted by atomic mass is 10.0. The van der Waals surface area contributed by atoms with Crippen molar-refractivity contribution in [2.24, 2.45) is 5.73 Å². The van der Waals surface area contributed by atoms with Crippen LogP contribution in [-0.4, -0.2) is 68.6 Å². The molecule has 3 aromatic rings. The van der Waals surface area contributed by atoms with Crippen molar-refractivity contribution in [1.29, 1.82) is 0 Å². The van der Waals surface area contributed by atoms with Gasteiger partial charge in [-0.25, -0.2) is 4.39 Å². The third kappa shape index (κ3) is 3.31. The minimum Gasteiger partial charge on any atom is -0.506 e. The molecule has 1 saturated heterocycles. The SMILES string of the molecule is NC1(C(=O)N2CCN(C(=O)c3ccc(-c4n[nH]c5c(O)cccc45)cc3F)CC2)CC1. The van der Waals surface area contributed by atoms with Gasteiger partial charge in [-0.1, -0.05) is 18.2 Å². The lowest BCUT2D eigenvalue weighted by Crippen LogP contribution is -2.55. The standard InChI is InChI=1S/C22H22FN5O3/c23-16-12-13(18-15-2-1-3-17(29)19(15)26-25-18)4-5-14(16)20(30)27-8-10-28(11-9-27)21(31)22(24)6-7-22/h1-5,12,29H,6-11,24H2,(H,25,26). The minimum atomic E-state index is -0.721. The number of halogens is 1. The number of hydrogen-bond donors (Lipinski definition) is 3. The number of para-hydroxylation sites is 1. The summed E-state index contributed by atoms with van der Waals surface area (Å²) in [5, 5.41) is 17.5. The van der Waals surface area contributed by atoms with Crippen LogP contribution in [-0.2, 0) is 4.79 Å². The summed E-state index contributed by atoms with van der Waals surface area (Å²) in [5.74, 6) is -1.05. The van der Waals surface area contributed by atoms with Crippen molar-refractivity contribution in [1.82, 2.24) is 20.0 Å². The summed E-state index contributed by atoms with van der Waals surface area (Å²) in [6, 6.07) is 9.37. The van der Waals surface area contributed by atoms with Gasteiger partial charge in [0.25, 0.3) is 5.91 Å². The number of aromatic amines is 1. The first-order valence-electron chi connectivity index (χ1n) is 10.2. The Morgan fingerprint density at radius 3 is 2.48 bits per heavy atom. The van der Waals surface area contributed by atoms with E-state index in [2.05, 4.69) is 10.2 Å². The fraction of sp³-hybridized carbons (Fsp3) is 0.318. The zero-order valence-electron chi connectivity index (χ0n) is 16.8. The zero-order valence-corrected chi connectivity index (χ0v) is 16.8. The first kappa shape index (κ1) is 19.5. The summed E-state index contributed by atoms with van der Waals surface area (Å²) in [5.41, 5.74) is 6.70. The highest BCUT2D eigenvalue weighted by atomic mass is 19.1. The van der Waals surface area contributed by atoms with Gasteiger partial charge in [0, 0.05) is 37.1 Å². The van der Waals surface area contributed by atoms with Gasteiger partial charge in [-0.2, -0.15) is 5.10 Å². The third-order valence-electron chi connectivity index (χ3n) is 6.12. The Balaban J connectivity index is 1.33. The highest BCUT2D eigenvalue weighted by molar-refractivity contribution is 5.98. The zero-order chi connectivity index (χ0) is 21.8. The van der Waals surface area contributed by atoms with E-state index in [0.29, 0.717) is 61.2 Å². The predicted molar refractivity (Wildman–Crippen MR) is 112 cm³/mol. The second-order valence-electron chi connectivity index (χ2n) is 8.21. The van der Waals surface area contributed by atoms with Crippen molar-refractivity contribution < 1.29 is 19.1 Å². The molecule has 9 heteroatoms. The number of nitrogens with two attached hydrogens (primary N) is 1. The highest BCUT2D eigenvalue weighted by Crippen LogP contribution is 2.34. The number of nitrogens with zero attached hydrogens (tertiary/aromatic N) is 3. The molecule has 8 nitrogen and oxygen atoms in total. The molecular formula is C22H22FN5O3. The lowest BCUT2D eigenvalue weighted by Gasteiger charge is -2.36. The monoisotopic (exact) mass is 423 g/mol. The quantitative estimate of drug-likeness (QED) is 0.595. The molecule has 1 aliphatic carbocycles. The van der Waals surface area contributed by atoms with Crippen LogP contribution in [0.5, 0.6) is 5.75 Å². The van der Waals surface area contributed by atoms with E-state index < -0.39 is 17.3 Å². The number of benzene rings is 2. The summed E-state index contributed by atoms with van der Waals surface area (Å²) < 4.78 is 14.9. The van der Waals surface area contributed by atoms with E-state index in [1.165, 1.54) is 18.2 Å². The van der Waals surface area contributed by atoms with Gasteiger partial charge in [0.1, 0.15) is 22.8 Å². The molecule has 31 heavy (non-hydrogen) atoms. The molecule has 1 saturated carbocycles. The number of carbonyl (C=O) groups excluding carboxylic acids is 2. The molecule has 4 N–H and O–H groups in total. The first-order chi connectivity index (χ1) is 14.9. The van der Waals surface area contributed by atoms with Crippen LogP contribution in [0.2, 0.25) is 0 Å². The number of hydrogen-bond acceptors (Lipinski definition) is 5. The molecule has 0 radical (unpaired) electrons. The number of rotatable bonds is 3. The van der Waals surface area contributed by atoms with Gasteiger partial charge in [0.05, 0.1) is 11.1 Å². The Hall–Kier alpha value is -3.46. The molecule has 1 aliphatic heterocycles. The average molecular weight is 423 g/mol. The number of amides is 2. The number of H-pyrrole nitrogens is 1. The van der Waals surface area contributed by atoms with E-state index in [4.69, 9.17) is 5.73 Å². The van der Waals surface area contributed by atoms with Crippen LogP contribution in [0.1, 0.15) is 23.2 Å². The van der Waals surface area contributed by atoms with Gasteiger partial charge < -0.3 is 20.6 Å². The molecule has 0 unspecified atom stereocenters. The Morgan fingerprint density at radius 1 is 1.10 bits per heavy atom. The van der Waals surface area contributed by atoms with E-state index in [-0.39, 0.29) is 17.2 Å². The van der Waals surface area contributed by atoms with Crippen molar-refractivity contribution >= 4 is 22.7 Å². The second-order valence-corrected chi connectivity index (χ2v) is 8.21. The number of aromatic hydroxyl groups is 1. The maximum atomic E-state index is 14.9. The van der Waals surface area contributed by atoms with Gasteiger partial charge in [-0.15, -0.1) is 0 Å². The topological polar surface area (TPSA) is 116 Å². The number of phenols is 1. The molecule has 0 bridgehead atoms. The van der Waals surface area contributed by atoms with E-state index in [1.807, 2.05) is 0 Å². The van der Waals surface area contributed by atoms with Crippen LogP contribution in [0.3, 0.4) is 0 Å². The lowest BCUT2D eigenvalue weighted by molar-refractivity contribution is -0.135. The number of carbonyl (C=O) groups is 2. The normalized spacial score (nSPS) is 17.7. The number of aromatic nitrogens is 2. The Labute approximate surface area is 177 Å². The minimum absolute atomic E-state index is 0.0243. The van der Waals surface area contributed by atoms with E-state index in [9.17, 15) is 19.1 Å². The number of piperazine rings is 1. The van der Waals surface area contributed by atoms with Gasteiger partial charge in [-0.05, 0) is 31.0 Å². The Kier molecular flexibility index (Phi) is 4.44. The number of fused-ring (bicyclic) bond motifs is 1. The fourth-order valence-corrected chi connectivity index (χ4v) is 4.03. The van der Waals surface area contributed by atoms with Crippen molar-refractivity contribution in [3.8, 4) is 17.0 Å². The Morgan fingerprint density at radius 2 is 1.81 bits per heavy atom.